The summed E-state index contributed by atoms with van der Waals surface area (Å²) >= 11 is 3.78. The molecular formula is C60H36N2S2. The number of fused-ring (bicyclic) bond motifs is 12. The third-order valence-corrected chi connectivity index (χ3v) is 15.7. The third kappa shape index (κ3) is 5.24. The van der Waals surface area contributed by atoms with Crippen LogP contribution in [0.4, 0.5) is 0 Å². The van der Waals surface area contributed by atoms with Crippen molar-refractivity contribution in [3.05, 3.63) is 218 Å². The van der Waals surface area contributed by atoms with Crippen LogP contribution in [-0.2, 0) is 0 Å². The number of hydrogen-bond donors (Lipinski definition) is 0. The molecule has 0 bridgehead atoms. The van der Waals surface area contributed by atoms with Gasteiger partial charge in [0.1, 0.15) is 0 Å². The molecule has 0 fully saturated rings. The molecule has 0 radical (unpaired) electrons. The maximum atomic E-state index is 2.49. The summed E-state index contributed by atoms with van der Waals surface area (Å²) < 4.78 is 10.2. The van der Waals surface area contributed by atoms with Gasteiger partial charge in [-0.2, -0.15) is 0 Å². The quantitative estimate of drug-likeness (QED) is 0.163. The molecule has 0 aliphatic rings. The topological polar surface area (TPSA) is 9.86 Å². The maximum Gasteiger partial charge on any atom is 0.0640 e. The zero-order valence-electron chi connectivity index (χ0n) is 34.5. The first-order valence-corrected chi connectivity index (χ1v) is 23.5. The Balaban J connectivity index is 1.04. The molecule has 0 amide bonds. The lowest BCUT2D eigenvalue weighted by atomic mass is 9.91. The summed E-state index contributed by atoms with van der Waals surface area (Å²) in [6.07, 6.45) is 0. The van der Waals surface area contributed by atoms with Crippen LogP contribution in [0.25, 0.3) is 129 Å². The molecule has 14 rings (SSSR count). The summed E-state index contributed by atoms with van der Waals surface area (Å²) in [6, 6.07) is 81.0. The Morgan fingerprint density at radius 2 is 0.797 bits per heavy atom. The van der Waals surface area contributed by atoms with E-state index >= 15 is 0 Å². The minimum absolute atomic E-state index is 1.15. The average Bonchev–Trinajstić information content (AvgIpc) is 4.12. The van der Waals surface area contributed by atoms with Gasteiger partial charge in [0.2, 0.25) is 0 Å². The first-order chi connectivity index (χ1) is 31.7. The molecule has 0 N–H and O–H groups in total. The SMILES string of the molecule is c1ccc(-n2c3ccccc3c3cccc(-c4cc(-c5ccc6c(c5)c5ccccc5n6-c5cccc6c5sc5ccccc56)cc(-c5cccc6c5sc5ccccc56)c4)c32)cc1. The van der Waals surface area contributed by atoms with Gasteiger partial charge in [0.05, 0.1) is 32.5 Å². The highest BCUT2D eigenvalue weighted by molar-refractivity contribution is 7.26. The minimum atomic E-state index is 1.15. The normalized spacial score (nSPS) is 12.1. The zero-order chi connectivity index (χ0) is 41.9. The predicted octanol–water partition coefficient (Wildman–Crippen LogP) is 17.6. The van der Waals surface area contributed by atoms with E-state index in [9.17, 15) is 0 Å². The highest BCUT2D eigenvalue weighted by Crippen LogP contribution is 2.46. The Kier molecular flexibility index (Phi) is 7.76. The largest absolute Gasteiger partial charge is 0.309 e. The number of nitrogens with zero attached hydrogens (tertiary/aromatic N) is 2. The molecule has 14 aromatic rings. The average molecular weight is 849 g/mol. The van der Waals surface area contributed by atoms with Gasteiger partial charge in [0, 0.05) is 68.4 Å². The van der Waals surface area contributed by atoms with Gasteiger partial charge < -0.3 is 9.13 Å². The number of aromatic nitrogens is 2. The van der Waals surface area contributed by atoms with E-state index in [1.54, 1.807) is 0 Å². The fraction of sp³-hybridized carbons (Fsp3) is 0. The third-order valence-electron chi connectivity index (χ3n) is 13.3. The van der Waals surface area contributed by atoms with Crippen molar-refractivity contribution in [1.82, 2.24) is 9.13 Å². The van der Waals surface area contributed by atoms with Gasteiger partial charge in [-0.15, -0.1) is 22.7 Å². The molecule has 0 atom stereocenters. The summed E-state index contributed by atoms with van der Waals surface area (Å²) in [5, 5.41) is 10.2. The first-order valence-electron chi connectivity index (χ1n) is 21.8. The molecular weight excluding hydrogens is 813 g/mol. The molecule has 4 aromatic heterocycles. The van der Waals surface area contributed by atoms with Crippen molar-refractivity contribution in [2.24, 2.45) is 0 Å². The van der Waals surface area contributed by atoms with Gasteiger partial charge in [0.15, 0.2) is 0 Å². The molecule has 64 heavy (non-hydrogen) atoms. The summed E-state index contributed by atoms with van der Waals surface area (Å²) in [4.78, 5) is 0. The number of para-hydroxylation sites is 4. The monoisotopic (exact) mass is 848 g/mol. The van der Waals surface area contributed by atoms with Crippen molar-refractivity contribution in [2.45, 2.75) is 0 Å². The van der Waals surface area contributed by atoms with E-state index in [4.69, 9.17) is 0 Å². The van der Waals surface area contributed by atoms with Crippen LogP contribution in [-0.4, -0.2) is 9.13 Å². The molecule has 0 unspecified atom stereocenters. The van der Waals surface area contributed by atoms with E-state index < -0.39 is 0 Å². The molecule has 0 spiro atoms. The van der Waals surface area contributed by atoms with E-state index in [-0.39, 0.29) is 0 Å². The number of rotatable bonds is 5. The van der Waals surface area contributed by atoms with E-state index in [0.717, 1.165) is 5.69 Å². The van der Waals surface area contributed by atoms with Crippen LogP contribution in [0.1, 0.15) is 0 Å². The molecule has 4 heteroatoms. The van der Waals surface area contributed by atoms with Gasteiger partial charge in [-0.1, -0.05) is 146 Å². The summed E-state index contributed by atoms with van der Waals surface area (Å²) in [7, 11) is 0. The van der Waals surface area contributed by atoms with Crippen LogP contribution >= 0.6 is 22.7 Å². The second-order valence-corrected chi connectivity index (χ2v) is 18.9. The van der Waals surface area contributed by atoms with Crippen LogP contribution in [0, 0.1) is 0 Å². The summed E-state index contributed by atoms with van der Waals surface area (Å²) in [5.41, 5.74) is 14.5. The van der Waals surface area contributed by atoms with Crippen LogP contribution in [0.5, 0.6) is 0 Å². The Bertz CT molecular complexity index is 4200. The van der Waals surface area contributed by atoms with E-state index in [1.807, 2.05) is 22.7 Å². The predicted molar refractivity (Wildman–Crippen MR) is 277 cm³/mol. The fourth-order valence-corrected chi connectivity index (χ4v) is 12.9. The second kappa shape index (κ2) is 13.9. The van der Waals surface area contributed by atoms with Crippen molar-refractivity contribution < 1.29 is 0 Å². The lowest BCUT2D eigenvalue weighted by Gasteiger charge is -2.15. The molecule has 0 saturated carbocycles. The van der Waals surface area contributed by atoms with Crippen molar-refractivity contribution in [2.75, 3.05) is 0 Å². The van der Waals surface area contributed by atoms with Gasteiger partial charge in [-0.25, -0.2) is 0 Å². The summed E-state index contributed by atoms with van der Waals surface area (Å²) in [6.45, 7) is 0. The van der Waals surface area contributed by atoms with E-state index in [0.29, 0.717) is 0 Å². The zero-order valence-corrected chi connectivity index (χ0v) is 36.1. The number of hydrogen-bond acceptors (Lipinski definition) is 2. The molecule has 0 aliphatic carbocycles. The molecule has 2 nitrogen and oxygen atoms in total. The first kappa shape index (κ1) is 35.8. The number of benzene rings is 10. The second-order valence-electron chi connectivity index (χ2n) is 16.8. The van der Waals surface area contributed by atoms with Crippen LogP contribution in [0.15, 0.2) is 218 Å². The highest BCUT2D eigenvalue weighted by atomic mass is 32.1. The van der Waals surface area contributed by atoms with Gasteiger partial charge in [-0.05, 0) is 101 Å². The molecule has 0 saturated heterocycles. The van der Waals surface area contributed by atoms with Crippen molar-refractivity contribution in [1.29, 1.82) is 0 Å². The van der Waals surface area contributed by atoms with Crippen molar-refractivity contribution >= 4 is 107 Å². The van der Waals surface area contributed by atoms with Crippen LogP contribution in [0.2, 0.25) is 0 Å². The number of thiophene rings is 2. The van der Waals surface area contributed by atoms with E-state index in [1.165, 1.54) is 123 Å². The standard InChI is InChI=1S/C60H36N2S2/c1-2-15-41(16-3-1)61-52-26-8-4-17-44(52)48-23-12-21-42(58(48)61)39-33-38(34-40(35-39)43-22-13-24-49-46-19-6-10-29-56(46)63-59(43)49)37-31-32-54-51(36-37)45-18-5-9-27-53(45)62(54)55-28-14-25-50-47-20-7-11-30-57(47)64-60(50)55/h1-36H. The lowest BCUT2D eigenvalue weighted by molar-refractivity contribution is 1.18. The van der Waals surface area contributed by atoms with Crippen LogP contribution in [0.3, 0.4) is 0 Å². The Labute approximate surface area is 376 Å². The molecule has 0 aliphatic heterocycles. The van der Waals surface area contributed by atoms with Crippen molar-refractivity contribution in [3.63, 3.8) is 0 Å². The molecule has 4 heterocycles. The smallest absolute Gasteiger partial charge is 0.0640 e. The van der Waals surface area contributed by atoms with Crippen molar-refractivity contribution in [3.8, 4) is 44.8 Å². The minimum Gasteiger partial charge on any atom is -0.309 e. The van der Waals surface area contributed by atoms with Gasteiger partial charge in [-0.3, -0.25) is 0 Å². The lowest BCUT2D eigenvalue weighted by Crippen LogP contribution is -1.95. The highest BCUT2D eigenvalue weighted by Gasteiger charge is 2.21. The Morgan fingerprint density at radius 1 is 0.281 bits per heavy atom. The Hall–Kier alpha value is -7.76. The maximum absolute atomic E-state index is 2.49. The van der Waals surface area contributed by atoms with Gasteiger partial charge >= 0.3 is 0 Å². The Morgan fingerprint density at radius 3 is 1.55 bits per heavy atom. The van der Waals surface area contributed by atoms with E-state index in [2.05, 4.69) is 228 Å². The van der Waals surface area contributed by atoms with Gasteiger partial charge in [0.25, 0.3) is 0 Å². The molecule has 10 aromatic carbocycles. The van der Waals surface area contributed by atoms with Crippen LogP contribution < -0.4 is 0 Å². The summed E-state index contributed by atoms with van der Waals surface area (Å²) in [5.74, 6) is 0. The molecule has 298 valence electrons. The fourth-order valence-electron chi connectivity index (χ4n) is 10.5.